The zero-order valence-corrected chi connectivity index (χ0v) is 10.3. The number of nitrogens with zero attached hydrogens (tertiary/aromatic N) is 2. The summed E-state index contributed by atoms with van der Waals surface area (Å²) in [6.45, 7) is 1.70. The lowest BCUT2D eigenvalue weighted by atomic mass is 10.1. The van der Waals surface area contributed by atoms with Crippen molar-refractivity contribution in [2.75, 3.05) is 0 Å². The van der Waals surface area contributed by atoms with Crippen LogP contribution >= 0.6 is 9.24 Å². The van der Waals surface area contributed by atoms with Crippen LogP contribution in [0.15, 0.2) is 28.7 Å². The molecule has 0 aliphatic rings. The summed E-state index contributed by atoms with van der Waals surface area (Å²) in [7, 11) is 1.51. The molecule has 17 heavy (non-hydrogen) atoms. The quantitative estimate of drug-likeness (QED) is 0.792. The van der Waals surface area contributed by atoms with Crippen LogP contribution in [0.4, 0.5) is 8.78 Å². The number of benzene rings is 1. The number of halogens is 2. The summed E-state index contributed by atoms with van der Waals surface area (Å²) < 4.78 is 31.1. The zero-order chi connectivity index (χ0) is 12.5. The maximum Gasteiger partial charge on any atom is 0.283 e. The van der Waals surface area contributed by atoms with Crippen LogP contribution in [0.2, 0.25) is 0 Å². The fourth-order valence-electron chi connectivity index (χ4n) is 1.43. The van der Waals surface area contributed by atoms with Gasteiger partial charge in [0.15, 0.2) is 0 Å². The van der Waals surface area contributed by atoms with Crippen molar-refractivity contribution in [2.24, 2.45) is 0 Å². The standard InChI is InChI=1S/C11H11F2N2OP/c1-7-14-15-10(16-7)6-8-2-4-9(5-3-8)11(12,13)17/h2-5H,6,17H2,1H3. The van der Waals surface area contributed by atoms with E-state index >= 15 is 0 Å². The predicted molar refractivity (Wildman–Crippen MR) is 61.9 cm³/mol. The summed E-state index contributed by atoms with van der Waals surface area (Å²) in [6, 6.07) is 6.05. The molecule has 6 heteroatoms. The fraction of sp³-hybridized carbons (Fsp3) is 0.273. The van der Waals surface area contributed by atoms with Crippen molar-refractivity contribution < 1.29 is 13.2 Å². The summed E-state index contributed by atoms with van der Waals surface area (Å²) in [5.74, 6) is 0.973. The van der Waals surface area contributed by atoms with Gasteiger partial charge in [-0.15, -0.1) is 10.2 Å². The number of aryl methyl sites for hydroxylation is 1. The van der Waals surface area contributed by atoms with E-state index in [1.54, 1.807) is 19.1 Å². The third-order valence-electron chi connectivity index (χ3n) is 2.26. The first kappa shape index (κ1) is 12.1. The molecular formula is C11H11F2N2OP. The van der Waals surface area contributed by atoms with Crippen LogP contribution in [0, 0.1) is 6.92 Å². The van der Waals surface area contributed by atoms with Crippen molar-refractivity contribution in [3.8, 4) is 0 Å². The molecule has 0 N–H and O–H groups in total. The van der Waals surface area contributed by atoms with Gasteiger partial charge in [0.25, 0.3) is 5.66 Å². The Balaban J connectivity index is 2.13. The van der Waals surface area contributed by atoms with Crippen molar-refractivity contribution >= 4 is 9.24 Å². The van der Waals surface area contributed by atoms with E-state index < -0.39 is 5.66 Å². The predicted octanol–water partition coefficient (Wildman–Crippen LogP) is 2.89. The summed E-state index contributed by atoms with van der Waals surface area (Å²) in [5.41, 5.74) is -2.07. The Kier molecular flexibility index (Phi) is 3.20. The van der Waals surface area contributed by atoms with E-state index in [0.29, 0.717) is 18.2 Å². The summed E-state index contributed by atoms with van der Waals surface area (Å²) in [5, 5.41) is 7.54. The molecule has 0 fully saturated rings. The number of rotatable bonds is 3. The highest BCUT2D eigenvalue weighted by Gasteiger charge is 2.23. The van der Waals surface area contributed by atoms with Gasteiger partial charge in [-0.05, 0) is 5.56 Å². The molecule has 90 valence electrons. The normalized spacial score (nSPS) is 11.8. The first-order valence-electron chi connectivity index (χ1n) is 5.00. The zero-order valence-electron chi connectivity index (χ0n) is 9.15. The van der Waals surface area contributed by atoms with E-state index in [1.807, 2.05) is 0 Å². The molecule has 0 aliphatic carbocycles. The number of hydrogen-bond acceptors (Lipinski definition) is 3. The molecule has 0 spiro atoms. The number of alkyl halides is 2. The van der Waals surface area contributed by atoms with Gasteiger partial charge in [0.1, 0.15) is 0 Å². The molecule has 1 unspecified atom stereocenters. The lowest BCUT2D eigenvalue weighted by molar-refractivity contribution is 0.104. The Morgan fingerprint density at radius 2 is 1.88 bits per heavy atom. The summed E-state index contributed by atoms with van der Waals surface area (Å²) in [4.78, 5) is 0. The van der Waals surface area contributed by atoms with Crippen LogP contribution in [-0.4, -0.2) is 10.2 Å². The van der Waals surface area contributed by atoms with Gasteiger partial charge in [0.2, 0.25) is 11.8 Å². The molecule has 0 saturated heterocycles. The average Bonchev–Trinajstić information content (AvgIpc) is 2.63. The Morgan fingerprint density at radius 3 is 2.35 bits per heavy atom. The molecule has 0 bridgehead atoms. The number of aromatic nitrogens is 2. The third kappa shape index (κ3) is 3.07. The van der Waals surface area contributed by atoms with E-state index in [9.17, 15) is 8.78 Å². The second kappa shape index (κ2) is 4.49. The largest absolute Gasteiger partial charge is 0.425 e. The molecule has 0 aliphatic heterocycles. The molecule has 1 aromatic carbocycles. The minimum atomic E-state index is -2.89. The molecule has 1 aromatic heterocycles. The molecule has 1 heterocycles. The van der Waals surface area contributed by atoms with Gasteiger partial charge in [-0.2, -0.15) is 8.78 Å². The van der Waals surface area contributed by atoms with Gasteiger partial charge in [-0.3, -0.25) is 0 Å². The highest BCUT2D eigenvalue weighted by Crippen LogP contribution is 2.34. The van der Waals surface area contributed by atoms with Gasteiger partial charge >= 0.3 is 0 Å². The van der Waals surface area contributed by atoms with Gasteiger partial charge in [-0.1, -0.05) is 33.5 Å². The average molecular weight is 256 g/mol. The van der Waals surface area contributed by atoms with Crippen LogP contribution in [0.5, 0.6) is 0 Å². The van der Waals surface area contributed by atoms with Gasteiger partial charge in [-0.25, -0.2) is 0 Å². The van der Waals surface area contributed by atoms with Crippen LogP contribution < -0.4 is 0 Å². The lowest BCUT2D eigenvalue weighted by Gasteiger charge is -2.10. The highest BCUT2D eigenvalue weighted by atomic mass is 31.0. The Morgan fingerprint density at radius 1 is 1.24 bits per heavy atom. The van der Waals surface area contributed by atoms with Crippen LogP contribution in [-0.2, 0) is 12.1 Å². The minimum absolute atomic E-state index is 0.0343. The topological polar surface area (TPSA) is 38.9 Å². The van der Waals surface area contributed by atoms with Crippen molar-refractivity contribution in [2.45, 2.75) is 19.0 Å². The van der Waals surface area contributed by atoms with E-state index in [0.717, 1.165) is 5.56 Å². The molecule has 0 radical (unpaired) electrons. The SMILES string of the molecule is Cc1nnc(Cc2ccc(C(F)(F)P)cc2)o1. The van der Waals surface area contributed by atoms with Gasteiger partial charge in [0, 0.05) is 12.5 Å². The first-order valence-corrected chi connectivity index (χ1v) is 5.58. The first-order chi connectivity index (χ1) is 7.95. The Hall–Kier alpha value is -1.35. The highest BCUT2D eigenvalue weighted by molar-refractivity contribution is 7.17. The monoisotopic (exact) mass is 256 g/mol. The molecule has 0 amide bonds. The summed E-state index contributed by atoms with van der Waals surface area (Å²) >= 11 is 0. The van der Waals surface area contributed by atoms with Gasteiger partial charge in [0.05, 0.1) is 6.42 Å². The van der Waals surface area contributed by atoms with Crippen LogP contribution in [0.1, 0.15) is 22.9 Å². The third-order valence-corrected chi connectivity index (χ3v) is 2.60. The van der Waals surface area contributed by atoms with Crippen molar-refractivity contribution in [3.05, 3.63) is 47.2 Å². The fourth-order valence-corrected chi connectivity index (χ4v) is 1.62. The molecule has 3 nitrogen and oxygen atoms in total. The smallest absolute Gasteiger partial charge is 0.283 e. The van der Waals surface area contributed by atoms with E-state index in [2.05, 4.69) is 10.2 Å². The summed E-state index contributed by atoms with van der Waals surface area (Å²) in [6.07, 6.45) is 0.448. The van der Waals surface area contributed by atoms with E-state index in [4.69, 9.17) is 4.42 Å². The molecule has 1 atom stereocenters. The second-order valence-corrected chi connectivity index (χ2v) is 4.44. The van der Waals surface area contributed by atoms with Gasteiger partial charge < -0.3 is 4.42 Å². The van der Waals surface area contributed by atoms with E-state index in [1.165, 1.54) is 21.4 Å². The minimum Gasteiger partial charge on any atom is -0.425 e. The van der Waals surface area contributed by atoms with Crippen molar-refractivity contribution in [1.82, 2.24) is 10.2 Å². The Bertz CT molecular complexity index is 505. The number of hydrogen-bond donors (Lipinski definition) is 0. The van der Waals surface area contributed by atoms with Crippen LogP contribution in [0.3, 0.4) is 0 Å². The Labute approximate surface area is 99.4 Å². The maximum absolute atomic E-state index is 12.9. The maximum atomic E-state index is 12.9. The molecular weight excluding hydrogens is 245 g/mol. The lowest BCUT2D eigenvalue weighted by Crippen LogP contribution is -2.02. The van der Waals surface area contributed by atoms with Crippen molar-refractivity contribution in [3.63, 3.8) is 0 Å². The molecule has 0 saturated carbocycles. The molecule has 2 rings (SSSR count). The van der Waals surface area contributed by atoms with Crippen LogP contribution in [0.25, 0.3) is 0 Å². The van der Waals surface area contributed by atoms with E-state index in [-0.39, 0.29) is 5.56 Å². The van der Waals surface area contributed by atoms with Crippen molar-refractivity contribution in [1.29, 1.82) is 0 Å². The second-order valence-electron chi connectivity index (χ2n) is 3.71. The molecule has 2 aromatic rings.